The molecule has 5 nitrogen and oxygen atoms in total. The van der Waals surface area contributed by atoms with Gasteiger partial charge >= 0.3 is 6.61 Å². The maximum atomic E-state index is 12.3. The van der Waals surface area contributed by atoms with Crippen molar-refractivity contribution in [2.24, 2.45) is 0 Å². The molecule has 2 rings (SSSR count). The van der Waals surface area contributed by atoms with E-state index in [0.717, 1.165) is 16.2 Å². The van der Waals surface area contributed by atoms with E-state index in [1.807, 2.05) is 24.3 Å². The summed E-state index contributed by atoms with van der Waals surface area (Å²) in [6.45, 7) is -2.48. The molecule has 8 heteroatoms. The Morgan fingerprint density at radius 1 is 1.07 bits per heavy atom. The zero-order chi connectivity index (χ0) is 19.6. The van der Waals surface area contributed by atoms with Gasteiger partial charge in [0.05, 0.1) is 20.0 Å². The maximum absolute atomic E-state index is 12.3. The van der Waals surface area contributed by atoms with Crippen molar-refractivity contribution in [2.75, 3.05) is 26.5 Å². The molecule has 1 amide bonds. The van der Waals surface area contributed by atoms with Crippen LogP contribution in [0, 0.1) is 0 Å². The monoisotopic (exact) mass is 397 g/mol. The molecule has 2 aromatic rings. The molecule has 0 fully saturated rings. The number of rotatable bonds is 10. The molecule has 27 heavy (non-hydrogen) atoms. The van der Waals surface area contributed by atoms with Crippen LogP contribution in [-0.2, 0) is 11.2 Å². The zero-order valence-corrected chi connectivity index (χ0v) is 15.9. The Kier molecular flexibility index (Phi) is 8.19. The molecule has 1 N–H and O–H groups in total. The minimum absolute atomic E-state index is 0.0174. The Labute approximate surface area is 161 Å². The number of ether oxygens (including phenoxy) is 3. The van der Waals surface area contributed by atoms with Crippen LogP contribution in [0.3, 0.4) is 0 Å². The lowest BCUT2D eigenvalue weighted by atomic mass is 10.1. The third kappa shape index (κ3) is 6.97. The van der Waals surface area contributed by atoms with Gasteiger partial charge < -0.3 is 19.5 Å². The summed E-state index contributed by atoms with van der Waals surface area (Å²) in [6, 6.07) is 12.2. The molecule has 0 saturated carbocycles. The normalized spacial score (nSPS) is 10.6. The highest BCUT2D eigenvalue weighted by atomic mass is 32.2. The van der Waals surface area contributed by atoms with Gasteiger partial charge in [-0.1, -0.05) is 6.07 Å². The quantitative estimate of drug-likeness (QED) is 0.619. The molecule has 0 radical (unpaired) electrons. The molecular weight excluding hydrogens is 376 g/mol. The van der Waals surface area contributed by atoms with Gasteiger partial charge in [-0.3, -0.25) is 4.79 Å². The van der Waals surface area contributed by atoms with Gasteiger partial charge in [0.15, 0.2) is 11.5 Å². The predicted molar refractivity (Wildman–Crippen MR) is 100 cm³/mol. The smallest absolute Gasteiger partial charge is 0.387 e. The van der Waals surface area contributed by atoms with Crippen LogP contribution in [0.4, 0.5) is 8.78 Å². The van der Waals surface area contributed by atoms with Crippen LogP contribution in [-0.4, -0.2) is 39.0 Å². The van der Waals surface area contributed by atoms with Gasteiger partial charge in [-0.05, 0) is 48.4 Å². The summed E-state index contributed by atoms with van der Waals surface area (Å²) in [7, 11) is 2.99. The highest BCUT2D eigenvalue weighted by molar-refractivity contribution is 8.00. The molecule has 0 atom stereocenters. The van der Waals surface area contributed by atoms with E-state index in [0.29, 0.717) is 18.7 Å². The largest absolute Gasteiger partial charge is 0.497 e. The molecule has 0 aliphatic heterocycles. The second-order valence-electron chi connectivity index (χ2n) is 5.43. The van der Waals surface area contributed by atoms with Crippen molar-refractivity contribution in [3.63, 3.8) is 0 Å². The first-order chi connectivity index (χ1) is 13.0. The minimum Gasteiger partial charge on any atom is -0.497 e. The number of carbonyl (C=O) groups excluding carboxylic acids is 1. The summed E-state index contributed by atoms with van der Waals surface area (Å²) >= 11 is 1.43. The van der Waals surface area contributed by atoms with Crippen LogP contribution in [0.2, 0.25) is 0 Å². The first kappa shape index (κ1) is 20.8. The summed E-state index contributed by atoms with van der Waals surface area (Å²) in [5.74, 6) is 1.20. The van der Waals surface area contributed by atoms with Gasteiger partial charge in [0.25, 0.3) is 0 Å². The number of alkyl halides is 2. The van der Waals surface area contributed by atoms with Gasteiger partial charge in [0, 0.05) is 11.4 Å². The van der Waals surface area contributed by atoms with Crippen LogP contribution in [0.15, 0.2) is 47.4 Å². The maximum Gasteiger partial charge on any atom is 0.387 e. The fourth-order valence-electron chi connectivity index (χ4n) is 2.28. The van der Waals surface area contributed by atoms with Crippen molar-refractivity contribution in [3.8, 4) is 17.2 Å². The van der Waals surface area contributed by atoms with Gasteiger partial charge in [-0.25, -0.2) is 0 Å². The average molecular weight is 397 g/mol. The number of benzene rings is 2. The number of carbonyl (C=O) groups is 1. The standard InChI is InChI=1S/C19H21F2NO4S/c1-24-14-4-6-15(7-5-14)27-12-18(23)22-10-9-13-3-8-16(26-19(20)21)17(11-13)25-2/h3-8,11,19H,9-10,12H2,1-2H3,(H,22,23). The number of hydrogen-bond acceptors (Lipinski definition) is 5. The fraction of sp³-hybridized carbons (Fsp3) is 0.316. The summed E-state index contributed by atoms with van der Waals surface area (Å²) in [6.07, 6.45) is 0.546. The van der Waals surface area contributed by atoms with Crippen molar-refractivity contribution < 1.29 is 27.8 Å². The molecule has 146 valence electrons. The Hall–Kier alpha value is -2.48. The molecular formula is C19H21F2NO4S. The summed E-state index contributed by atoms with van der Waals surface area (Å²) in [5.41, 5.74) is 0.844. The van der Waals surface area contributed by atoms with Gasteiger partial charge in [-0.2, -0.15) is 8.78 Å². The van der Waals surface area contributed by atoms with E-state index in [1.54, 1.807) is 19.2 Å². The fourth-order valence-corrected chi connectivity index (χ4v) is 3.01. The summed E-state index contributed by atoms with van der Waals surface area (Å²) < 4.78 is 39.2. The zero-order valence-electron chi connectivity index (χ0n) is 15.0. The molecule has 2 aromatic carbocycles. The van der Waals surface area contributed by atoms with E-state index in [1.165, 1.54) is 24.9 Å². The average Bonchev–Trinajstić information content (AvgIpc) is 2.67. The summed E-state index contributed by atoms with van der Waals surface area (Å²) in [5, 5.41) is 2.83. The molecule has 0 bridgehead atoms. The van der Waals surface area contributed by atoms with Crippen molar-refractivity contribution in [3.05, 3.63) is 48.0 Å². The van der Waals surface area contributed by atoms with Crippen LogP contribution in [0.1, 0.15) is 5.56 Å². The topological polar surface area (TPSA) is 56.8 Å². The molecule has 0 heterocycles. The predicted octanol–water partition coefficient (Wildman–Crippen LogP) is 3.76. The van der Waals surface area contributed by atoms with Crippen molar-refractivity contribution in [2.45, 2.75) is 17.9 Å². The van der Waals surface area contributed by atoms with E-state index in [2.05, 4.69) is 10.1 Å². The number of hydrogen-bond donors (Lipinski definition) is 1. The van der Waals surface area contributed by atoms with Crippen molar-refractivity contribution >= 4 is 17.7 Å². The molecule has 0 aliphatic rings. The molecule has 0 aliphatic carbocycles. The van der Waals surface area contributed by atoms with Gasteiger partial charge in [0.2, 0.25) is 5.91 Å². The second kappa shape index (κ2) is 10.6. The van der Waals surface area contributed by atoms with Crippen LogP contribution < -0.4 is 19.5 Å². The van der Waals surface area contributed by atoms with Crippen LogP contribution >= 0.6 is 11.8 Å². The van der Waals surface area contributed by atoms with E-state index in [9.17, 15) is 13.6 Å². The lowest BCUT2D eigenvalue weighted by molar-refractivity contribution is -0.118. The van der Waals surface area contributed by atoms with Gasteiger partial charge in [0.1, 0.15) is 5.75 Å². The van der Waals surface area contributed by atoms with E-state index < -0.39 is 6.61 Å². The third-order valence-corrected chi connectivity index (χ3v) is 4.62. The lowest BCUT2D eigenvalue weighted by Gasteiger charge is -2.11. The Bertz CT molecular complexity index is 741. The van der Waals surface area contributed by atoms with Crippen LogP contribution in [0.5, 0.6) is 17.2 Å². The number of halogens is 2. The molecule has 0 spiro atoms. The third-order valence-electron chi connectivity index (χ3n) is 3.61. The first-order valence-electron chi connectivity index (χ1n) is 8.17. The van der Waals surface area contributed by atoms with Crippen molar-refractivity contribution in [1.82, 2.24) is 5.32 Å². The number of methoxy groups -OCH3 is 2. The van der Waals surface area contributed by atoms with Gasteiger partial charge in [-0.15, -0.1) is 11.8 Å². The molecule has 0 saturated heterocycles. The minimum atomic E-state index is -2.91. The van der Waals surface area contributed by atoms with Crippen molar-refractivity contribution in [1.29, 1.82) is 0 Å². The molecule has 0 aromatic heterocycles. The number of nitrogens with one attached hydrogen (secondary N) is 1. The van der Waals surface area contributed by atoms with Crippen LogP contribution in [0.25, 0.3) is 0 Å². The SMILES string of the molecule is COc1ccc(SCC(=O)NCCc2ccc(OC(F)F)c(OC)c2)cc1. The highest BCUT2D eigenvalue weighted by Gasteiger charge is 2.11. The Balaban J connectivity index is 1.77. The highest BCUT2D eigenvalue weighted by Crippen LogP contribution is 2.29. The second-order valence-corrected chi connectivity index (χ2v) is 6.48. The lowest BCUT2D eigenvalue weighted by Crippen LogP contribution is -2.27. The van der Waals surface area contributed by atoms with E-state index >= 15 is 0 Å². The summed E-state index contributed by atoms with van der Waals surface area (Å²) in [4.78, 5) is 12.9. The number of thioether (sulfide) groups is 1. The van der Waals surface area contributed by atoms with E-state index in [-0.39, 0.29) is 17.4 Å². The number of amides is 1. The Morgan fingerprint density at radius 3 is 2.44 bits per heavy atom. The molecule has 0 unspecified atom stereocenters. The first-order valence-corrected chi connectivity index (χ1v) is 9.15. The Morgan fingerprint density at radius 2 is 1.81 bits per heavy atom. The van der Waals surface area contributed by atoms with E-state index in [4.69, 9.17) is 9.47 Å².